The van der Waals surface area contributed by atoms with Gasteiger partial charge < -0.3 is 20.3 Å². The maximum atomic E-state index is 10.1. The summed E-state index contributed by atoms with van der Waals surface area (Å²) in [4.78, 5) is 8.80. The van der Waals surface area contributed by atoms with Gasteiger partial charge in [-0.1, -0.05) is 31.9 Å². The number of aromatic hydroxyl groups is 1. The van der Waals surface area contributed by atoms with E-state index in [4.69, 9.17) is 4.99 Å². The summed E-state index contributed by atoms with van der Waals surface area (Å²) in [5.41, 5.74) is 0.678. The van der Waals surface area contributed by atoms with Crippen LogP contribution in [0.3, 0.4) is 0 Å². The van der Waals surface area contributed by atoms with Gasteiger partial charge in [-0.05, 0) is 37.3 Å². The quantitative estimate of drug-likeness (QED) is 0.320. The molecule has 0 bridgehead atoms. The molecule has 1 aromatic carbocycles. The maximum Gasteiger partial charge on any atom is 0.196 e. The third-order valence-corrected chi connectivity index (χ3v) is 4.99. The smallest absolute Gasteiger partial charge is 0.196 e. The van der Waals surface area contributed by atoms with E-state index < -0.39 is 0 Å². The summed E-state index contributed by atoms with van der Waals surface area (Å²) in [5.74, 6) is 1.61. The fourth-order valence-corrected chi connectivity index (χ4v) is 3.40. The first-order chi connectivity index (χ1) is 12.7. The van der Waals surface area contributed by atoms with E-state index in [9.17, 15) is 5.11 Å². The van der Waals surface area contributed by atoms with Crippen molar-refractivity contribution in [2.75, 3.05) is 11.9 Å². The predicted octanol–water partition coefficient (Wildman–Crippen LogP) is 3.62. The first-order valence-corrected chi connectivity index (χ1v) is 9.54. The topological polar surface area (TPSA) is 74.5 Å². The van der Waals surface area contributed by atoms with Crippen molar-refractivity contribution in [3.05, 3.63) is 43.0 Å². The number of nitrogens with zero attached hydrogens (tertiary/aromatic N) is 3. The molecule has 1 fully saturated rings. The number of benzene rings is 1. The lowest BCUT2D eigenvalue weighted by Gasteiger charge is -2.31. The number of imidazole rings is 1. The van der Waals surface area contributed by atoms with E-state index in [0.29, 0.717) is 24.2 Å². The van der Waals surface area contributed by atoms with Crippen LogP contribution in [0.2, 0.25) is 0 Å². The number of phenolic OH excluding ortho intramolecular Hbond substituents is 1. The number of aromatic nitrogens is 2. The van der Waals surface area contributed by atoms with Gasteiger partial charge in [0.2, 0.25) is 0 Å². The SMILES string of the molecule is CC1CCCCC1NC(=NCCCn1ccnc1)Nc1ccccc1O. The minimum atomic E-state index is 0.233. The summed E-state index contributed by atoms with van der Waals surface area (Å²) < 4.78 is 2.06. The second-order valence-electron chi connectivity index (χ2n) is 7.04. The maximum absolute atomic E-state index is 10.1. The van der Waals surface area contributed by atoms with Gasteiger partial charge in [0.1, 0.15) is 5.75 Å². The van der Waals surface area contributed by atoms with Crippen LogP contribution < -0.4 is 10.6 Å². The van der Waals surface area contributed by atoms with Crippen molar-refractivity contribution in [1.82, 2.24) is 14.9 Å². The molecule has 3 rings (SSSR count). The zero-order valence-corrected chi connectivity index (χ0v) is 15.4. The number of hydrogen-bond acceptors (Lipinski definition) is 3. The Kier molecular flexibility index (Phi) is 6.52. The number of para-hydroxylation sites is 2. The summed E-state index contributed by atoms with van der Waals surface area (Å²) >= 11 is 0. The number of phenols is 1. The first kappa shape index (κ1) is 18.3. The molecule has 6 heteroatoms. The number of rotatable bonds is 6. The highest BCUT2D eigenvalue weighted by Crippen LogP contribution is 2.25. The molecule has 1 aliphatic carbocycles. The van der Waals surface area contributed by atoms with Crippen LogP contribution in [0.4, 0.5) is 5.69 Å². The zero-order valence-electron chi connectivity index (χ0n) is 15.4. The Hall–Kier alpha value is -2.50. The molecule has 1 heterocycles. The Morgan fingerprint density at radius 1 is 1.31 bits per heavy atom. The van der Waals surface area contributed by atoms with E-state index in [2.05, 4.69) is 27.1 Å². The summed E-state index contributed by atoms with van der Waals surface area (Å²) in [6.07, 6.45) is 11.5. The molecule has 0 amide bonds. The summed E-state index contributed by atoms with van der Waals surface area (Å²) in [6, 6.07) is 7.69. The van der Waals surface area contributed by atoms with Crippen LogP contribution in [0, 0.1) is 5.92 Å². The van der Waals surface area contributed by atoms with Crippen LogP contribution in [0.5, 0.6) is 5.75 Å². The predicted molar refractivity (Wildman–Crippen MR) is 105 cm³/mol. The fraction of sp³-hybridized carbons (Fsp3) is 0.500. The summed E-state index contributed by atoms with van der Waals surface area (Å²) in [5, 5.41) is 16.9. The third-order valence-electron chi connectivity index (χ3n) is 4.99. The highest BCUT2D eigenvalue weighted by molar-refractivity contribution is 5.95. The van der Waals surface area contributed by atoms with E-state index in [0.717, 1.165) is 25.3 Å². The largest absolute Gasteiger partial charge is 0.506 e. The van der Waals surface area contributed by atoms with Gasteiger partial charge >= 0.3 is 0 Å². The molecule has 2 aromatic rings. The molecule has 140 valence electrons. The molecular formula is C20H29N5O. The first-order valence-electron chi connectivity index (χ1n) is 9.54. The van der Waals surface area contributed by atoms with Crippen LogP contribution in [-0.2, 0) is 6.54 Å². The molecule has 0 saturated heterocycles. The number of hydrogen-bond donors (Lipinski definition) is 3. The molecule has 2 unspecified atom stereocenters. The number of nitrogens with one attached hydrogen (secondary N) is 2. The second-order valence-corrected chi connectivity index (χ2v) is 7.04. The van der Waals surface area contributed by atoms with Crippen molar-refractivity contribution in [2.45, 2.75) is 51.6 Å². The number of anilines is 1. The lowest BCUT2D eigenvalue weighted by atomic mass is 9.86. The van der Waals surface area contributed by atoms with Crippen molar-refractivity contribution < 1.29 is 5.11 Å². The monoisotopic (exact) mass is 355 g/mol. The number of guanidine groups is 1. The van der Waals surface area contributed by atoms with Gasteiger partial charge in [0.25, 0.3) is 0 Å². The molecule has 0 aliphatic heterocycles. The Labute approximate surface area is 155 Å². The Bertz CT molecular complexity index is 698. The van der Waals surface area contributed by atoms with Crippen molar-refractivity contribution in [2.24, 2.45) is 10.9 Å². The minimum absolute atomic E-state index is 0.233. The average molecular weight is 355 g/mol. The van der Waals surface area contributed by atoms with E-state index in [-0.39, 0.29) is 5.75 Å². The molecule has 0 radical (unpaired) electrons. The summed E-state index contributed by atoms with van der Waals surface area (Å²) in [6.45, 7) is 3.91. The van der Waals surface area contributed by atoms with Crippen molar-refractivity contribution >= 4 is 11.6 Å². The number of aryl methyl sites for hydroxylation is 1. The van der Waals surface area contributed by atoms with Crippen molar-refractivity contribution in [3.8, 4) is 5.75 Å². The van der Waals surface area contributed by atoms with Crippen molar-refractivity contribution in [3.63, 3.8) is 0 Å². The molecule has 0 spiro atoms. The van der Waals surface area contributed by atoms with E-state index in [1.807, 2.05) is 30.7 Å². The molecule has 1 aromatic heterocycles. The van der Waals surface area contributed by atoms with E-state index in [1.165, 1.54) is 19.3 Å². The second kappa shape index (κ2) is 9.27. The lowest BCUT2D eigenvalue weighted by molar-refractivity contribution is 0.308. The Morgan fingerprint density at radius 2 is 2.15 bits per heavy atom. The normalized spacial score (nSPS) is 20.7. The van der Waals surface area contributed by atoms with Crippen LogP contribution in [0.25, 0.3) is 0 Å². The van der Waals surface area contributed by atoms with Crippen LogP contribution in [0.1, 0.15) is 39.0 Å². The van der Waals surface area contributed by atoms with Crippen LogP contribution >= 0.6 is 0 Å². The van der Waals surface area contributed by atoms with Crippen molar-refractivity contribution in [1.29, 1.82) is 0 Å². The Morgan fingerprint density at radius 3 is 2.92 bits per heavy atom. The van der Waals surface area contributed by atoms with E-state index >= 15 is 0 Å². The van der Waals surface area contributed by atoms with Gasteiger partial charge in [-0.3, -0.25) is 4.99 Å². The molecule has 1 saturated carbocycles. The average Bonchev–Trinajstić information content (AvgIpc) is 3.16. The zero-order chi connectivity index (χ0) is 18.2. The van der Waals surface area contributed by atoms with Gasteiger partial charge in [0, 0.05) is 31.5 Å². The van der Waals surface area contributed by atoms with Crippen LogP contribution in [0.15, 0.2) is 48.0 Å². The lowest BCUT2D eigenvalue weighted by Crippen LogP contribution is -2.44. The van der Waals surface area contributed by atoms with Gasteiger partial charge in [-0.2, -0.15) is 0 Å². The molecule has 3 N–H and O–H groups in total. The summed E-state index contributed by atoms with van der Waals surface area (Å²) in [7, 11) is 0. The van der Waals surface area contributed by atoms with Crippen LogP contribution in [-0.4, -0.2) is 33.2 Å². The Balaban J connectivity index is 1.63. The van der Waals surface area contributed by atoms with Gasteiger partial charge in [-0.25, -0.2) is 4.98 Å². The molecule has 6 nitrogen and oxygen atoms in total. The van der Waals surface area contributed by atoms with Gasteiger partial charge in [0.05, 0.1) is 12.0 Å². The molecule has 2 atom stereocenters. The minimum Gasteiger partial charge on any atom is -0.506 e. The van der Waals surface area contributed by atoms with E-state index in [1.54, 1.807) is 12.3 Å². The molecule has 26 heavy (non-hydrogen) atoms. The highest BCUT2D eigenvalue weighted by Gasteiger charge is 2.22. The molecule has 1 aliphatic rings. The van der Waals surface area contributed by atoms with Gasteiger partial charge in [-0.15, -0.1) is 0 Å². The molecular weight excluding hydrogens is 326 g/mol. The standard InChI is InChI=1S/C20H29N5O/c1-16-7-2-3-8-17(16)23-20(24-18-9-4-5-10-19(18)26)22-11-6-13-25-14-12-21-15-25/h4-5,9-10,12,14-17,26H,2-3,6-8,11,13H2,1H3,(H2,22,23,24). The fourth-order valence-electron chi connectivity index (χ4n) is 3.40. The third kappa shape index (κ3) is 5.25. The van der Waals surface area contributed by atoms with Gasteiger partial charge in [0.15, 0.2) is 5.96 Å². The highest BCUT2D eigenvalue weighted by atomic mass is 16.3. The number of aliphatic imine (C=N–C) groups is 1.